The standard InChI is InChI=1S/C28H40N2O2/c1-4-15-32-23-17-22(18-29-19-23)25-10-11-26-24(21(5-2)12-13-28(25,26)3)9-8-20-7-6-14-30-27(31)16-20/h10,16-19,21,24,26H,4-9,11-15H2,1-3H3,(H,30,31)/t21-,24+,26-,28+/m0/s1. The first-order valence-electron chi connectivity index (χ1n) is 12.8. The first-order chi connectivity index (χ1) is 15.5. The maximum atomic E-state index is 12.0. The van der Waals surface area contributed by atoms with Gasteiger partial charge in [0, 0.05) is 18.8 Å². The summed E-state index contributed by atoms with van der Waals surface area (Å²) in [6.45, 7) is 8.53. The summed E-state index contributed by atoms with van der Waals surface area (Å²) >= 11 is 0. The van der Waals surface area contributed by atoms with Crippen LogP contribution >= 0.6 is 0 Å². The average Bonchev–Trinajstić information content (AvgIpc) is 3.01. The van der Waals surface area contributed by atoms with Gasteiger partial charge in [-0.05, 0) is 91.7 Å². The first kappa shape index (κ1) is 23.1. The van der Waals surface area contributed by atoms with Crippen molar-refractivity contribution in [3.8, 4) is 5.75 Å². The number of ether oxygens (including phenoxy) is 1. The van der Waals surface area contributed by atoms with Gasteiger partial charge in [-0.25, -0.2) is 0 Å². The van der Waals surface area contributed by atoms with Gasteiger partial charge in [-0.3, -0.25) is 9.78 Å². The molecule has 1 saturated carbocycles. The molecule has 174 valence electrons. The van der Waals surface area contributed by atoms with Crippen molar-refractivity contribution in [2.24, 2.45) is 23.2 Å². The molecule has 1 fully saturated rings. The van der Waals surface area contributed by atoms with E-state index in [0.29, 0.717) is 11.8 Å². The second-order valence-corrected chi connectivity index (χ2v) is 10.2. The number of amides is 1. The summed E-state index contributed by atoms with van der Waals surface area (Å²) in [6.07, 6.45) is 18.6. The summed E-state index contributed by atoms with van der Waals surface area (Å²) in [5.74, 6) is 3.16. The minimum Gasteiger partial charge on any atom is -0.492 e. The number of hydrogen-bond donors (Lipinski definition) is 1. The number of hydrogen-bond acceptors (Lipinski definition) is 3. The number of allylic oxidation sites excluding steroid dienone is 3. The van der Waals surface area contributed by atoms with Crippen molar-refractivity contribution in [2.45, 2.75) is 78.6 Å². The maximum Gasteiger partial charge on any atom is 0.243 e. The third-order valence-corrected chi connectivity index (χ3v) is 8.30. The highest BCUT2D eigenvalue weighted by Crippen LogP contribution is 2.60. The van der Waals surface area contributed by atoms with Crippen LogP contribution in [0.5, 0.6) is 5.75 Å². The van der Waals surface area contributed by atoms with Gasteiger partial charge in [0.25, 0.3) is 0 Å². The molecule has 0 bridgehead atoms. The SMILES string of the molecule is CCCOc1cncc(C2=CC[C@H]3[C@H](CCC4=CC(=O)NCCC4)[C@@H](CC)CC[C@]23C)c1. The fourth-order valence-corrected chi connectivity index (χ4v) is 6.57. The highest BCUT2D eigenvalue weighted by atomic mass is 16.5. The molecule has 1 aliphatic heterocycles. The Hall–Kier alpha value is -2.10. The third-order valence-electron chi connectivity index (χ3n) is 8.30. The summed E-state index contributed by atoms with van der Waals surface area (Å²) in [5.41, 5.74) is 4.26. The van der Waals surface area contributed by atoms with Gasteiger partial charge in [0.2, 0.25) is 5.91 Å². The normalized spacial score (nSPS) is 30.1. The quantitative estimate of drug-likeness (QED) is 0.518. The van der Waals surface area contributed by atoms with Crippen molar-refractivity contribution < 1.29 is 9.53 Å². The van der Waals surface area contributed by atoms with E-state index in [-0.39, 0.29) is 11.3 Å². The molecular formula is C28H40N2O2. The van der Waals surface area contributed by atoms with E-state index in [1.165, 1.54) is 42.4 Å². The monoisotopic (exact) mass is 436 g/mol. The van der Waals surface area contributed by atoms with Crippen LogP contribution in [-0.4, -0.2) is 24.0 Å². The summed E-state index contributed by atoms with van der Waals surface area (Å²) in [5, 5.41) is 2.98. The maximum absolute atomic E-state index is 12.0. The predicted molar refractivity (Wildman–Crippen MR) is 130 cm³/mol. The molecule has 4 nitrogen and oxygen atoms in total. The van der Waals surface area contributed by atoms with E-state index in [1.807, 2.05) is 18.5 Å². The van der Waals surface area contributed by atoms with Crippen molar-refractivity contribution in [3.63, 3.8) is 0 Å². The smallest absolute Gasteiger partial charge is 0.243 e. The fraction of sp³-hybridized carbons (Fsp3) is 0.643. The lowest BCUT2D eigenvalue weighted by atomic mass is 9.56. The molecule has 0 radical (unpaired) electrons. The van der Waals surface area contributed by atoms with Crippen molar-refractivity contribution in [1.82, 2.24) is 10.3 Å². The summed E-state index contributed by atoms with van der Waals surface area (Å²) in [4.78, 5) is 16.5. The van der Waals surface area contributed by atoms with Crippen LogP contribution in [0.4, 0.5) is 0 Å². The lowest BCUT2D eigenvalue weighted by Gasteiger charge is -2.48. The molecular weight excluding hydrogens is 396 g/mol. The molecule has 1 aromatic rings. The van der Waals surface area contributed by atoms with Crippen molar-refractivity contribution >= 4 is 11.5 Å². The molecule has 4 atom stereocenters. The third kappa shape index (κ3) is 4.79. The van der Waals surface area contributed by atoms with Gasteiger partial charge in [-0.2, -0.15) is 0 Å². The van der Waals surface area contributed by atoms with Gasteiger partial charge in [0.1, 0.15) is 5.75 Å². The summed E-state index contributed by atoms with van der Waals surface area (Å²) in [7, 11) is 0. The Morgan fingerprint density at radius 2 is 2.16 bits per heavy atom. The largest absolute Gasteiger partial charge is 0.492 e. The van der Waals surface area contributed by atoms with Gasteiger partial charge in [0.05, 0.1) is 12.8 Å². The first-order valence-corrected chi connectivity index (χ1v) is 12.8. The number of rotatable bonds is 8. The van der Waals surface area contributed by atoms with Gasteiger partial charge in [-0.15, -0.1) is 0 Å². The second-order valence-electron chi connectivity index (χ2n) is 10.2. The van der Waals surface area contributed by atoms with Gasteiger partial charge in [-0.1, -0.05) is 38.8 Å². The predicted octanol–water partition coefficient (Wildman–Crippen LogP) is 6.33. The number of fused-ring (bicyclic) bond motifs is 1. The number of pyridine rings is 1. The summed E-state index contributed by atoms with van der Waals surface area (Å²) < 4.78 is 5.88. The number of nitrogens with one attached hydrogen (secondary N) is 1. The molecule has 0 saturated heterocycles. The zero-order valence-corrected chi connectivity index (χ0v) is 20.2. The van der Waals surface area contributed by atoms with Crippen LogP contribution in [0.3, 0.4) is 0 Å². The second kappa shape index (κ2) is 10.2. The van der Waals surface area contributed by atoms with Crippen molar-refractivity contribution in [2.75, 3.05) is 13.2 Å². The van der Waals surface area contributed by atoms with E-state index < -0.39 is 0 Å². The molecule has 1 N–H and O–H groups in total. The van der Waals surface area contributed by atoms with E-state index in [0.717, 1.165) is 56.9 Å². The number of aromatic nitrogens is 1. The Labute approximate surface area is 193 Å². The molecule has 1 amide bonds. The molecule has 2 heterocycles. The van der Waals surface area contributed by atoms with Gasteiger partial charge in [0.15, 0.2) is 0 Å². The van der Waals surface area contributed by atoms with Crippen LogP contribution in [0.25, 0.3) is 5.57 Å². The Kier molecular flexibility index (Phi) is 7.37. The molecule has 1 aromatic heterocycles. The molecule has 2 aliphatic carbocycles. The topological polar surface area (TPSA) is 51.2 Å². The molecule has 4 rings (SSSR count). The van der Waals surface area contributed by atoms with E-state index in [9.17, 15) is 4.79 Å². The minimum atomic E-state index is 0.0977. The van der Waals surface area contributed by atoms with Crippen LogP contribution in [0.2, 0.25) is 0 Å². The van der Waals surface area contributed by atoms with Crippen LogP contribution in [0, 0.1) is 23.2 Å². The van der Waals surface area contributed by atoms with Crippen LogP contribution in [-0.2, 0) is 4.79 Å². The van der Waals surface area contributed by atoms with E-state index in [2.05, 4.69) is 43.2 Å². The Morgan fingerprint density at radius 1 is 1.28 bits per heavy atom. The van der Waals surface area contributed by atoms with Crippen LogP contribution in [0.1, 0.15) is 84.1 Å². The van der Waals surface area contributed by atoms with Gasteiger partial charge >= 0.3 is 0 Å². The van der Waals surface area contributed by atoms with E-state index in [4.69, 9.17) is 4.74 Å². The molecule has 3 aliphatic rings. The molecule has 4 heteroatoms. The minimum absolute atomic E-state index is 0.0977. The highest BCUT2D eigenvalue weighted by molar-refractivity contribution is 5.88. The Balaban J connectivity index is 1.52. The molecule has 0 unspecified atom stereocenters. The van der Waals surface area contributed by atoms with Crippen LogP contribution < -0.4 is 10.1 Å². The van der Waals surface area contributed by atoms with E-state index >= 15 is 0 Å². The number of carbonyl (C=O) groups is 1. The average molecular weight is 437 g/mol. The lowest BCUT2D eigenvalue weighted by molar-refractivity contribution is -0.116. The zero-order valence-electron chi connectivity index (χ0n) is 20.2. The van der Waals surface area contributed by atoms with Crippen LogP contribution in [0.15, 0.2) is 36.2 Å². The zero-order chi connectivity index (χ0) is 22.6. The molecule has 32 heavy (non-hydrogen) atoms. The lowest BCUT2D eigenvalue weighted by Crippen LogP contribution is -2.39. The van der Waals surface area contributed by atoms with E-state index in [1.54, 1.807) is 0 Å². The summed E-state index contributed by atoms with van der Waals surface area (Å²) in [6, 6.07) is 2.19. The molecule has 0 spiro atoms. The van der Waals surface area contributed by atoms with Gasteiger partial charge < -0.3 is 10.1 Å². The Bertz CT molecular complexity index is 874. The molecule has 0 aromatic carbocycles. The van der Waals surface area contributed by atoms with Crippen molar-refractivity contribution in [1.29, 1.82) is 0 Å². The fourth-order valence-electron chi connectivity index (χ4n) is 6.57. The number of nitrogens with zero attached hydrogens (tertiary/aromatic N) is 1. The number of carbonyl (C=O) groups excluding carboxylic acids is 1. The highest BCUT2D eigenvalue weighted by Gasteiger charge is 2.50. The Morgan fingerprint density at radius 3 is 2.97 bits per heavy atom. The van der Waals surface area contributed by atoms with Crippen molar-refractivity contribution in [3.05, 3.63) is 41.7 Å².